The fourth-order valence-electron chi connectivity index (χ4n) is 2.92. The summed E-state index contributed by atoms with van der Waals surface area (Å²) in [4.78, 5) is 27.0. The fraction of sp³-hybridized carbons (Fsp3) is 0.278. The number of benzene rings is 2. The average molecular weight is 340 g/mol. The molecule has 130 valence electrons. The van der Waals surface area contributed by atoms with Crippen LogP contribution in [-0.4, -0.2) is 48.5 Å². The zero-order chi connectivity index (χ0) is 17.6. The van der Waals surface area contributed by atoms with Crippen molar-refractivity contribution in [2.24, 2.45) is 0 Å². The van der Waals surface area contributed by atoms with Crippen LogP contribution >= 0.6 is 0 Å². The van der Waals surface area contributed by atoms with Crippen LogP contribution in [0.2, 0.25) is 0 Å². The molecule has 0 aliphatic carbocycles. The number of nitrogens with zero attached hydrogens (tertiary/aromatic N) is 3. The summed E-state index contributed by atoms with van der Waals surface area (Å²) in [6.45, 7) is 2.90. The molecule has 1 aliphatic heterocycles. The predicted octanol–water partition coefficient (Wildman–Crippen LogP) is 2.36. The largest absolute Gasteiger partial charge is 0.371 e. The molecule has 1 heterocycles. The van der Waals surface area contributed by atoms with E-state index in [2.05, 4.69) is 22.3 Å². The minimum atomic E-state index is -0.453. The molecule has 3 rings (SSSR count). The molecule has 0 spiro atoms. The van der Waals surface area contributed by atoms with Gasteiger partial charge in [-0.1, -0.05) is 30.3 Å². The molecule has 0 aromatic heterocycles. The van der Waals surface area contributed by atoms with Crippen LogP contribution in [0.3, 0.4) is 0 Å². The van der Waals surface area contributed by atoms with Crippen LogP contribution in [0.15, 0.2) is 54.6 Å². The summed E-state index contributed by atoms with van der Waals surface area (Å²) in [7, 11) is 0. The number of anilines is 2. The summed E-state index contributed by atoms with van der Waals surface area (Å²) in [5.41, 5.74) is 1.50. The normalized spacial score (nSPS) is 14.2. The summed E-state index contributed by atoms with van der Waals surface area (Å²) in [6, 6.07) is 16.5. The average Bonchev–Trinajstić information content (AvgIpc) is 2.67. The van der Waals surface area contributed by atoms with Gasteiger partial charge in [0.1, 0.15) is 5.69 Å². The molecular formula is C18H20N4O3. The van der Waals surface area contributed by atoms with Gasteiger partial charge in [-0.25, -0.2) is 0 Å². The van der Waals surface area contributed by atoms with Crippen LogP contribution in [0.1, 0.15) is 0 Å². The molecule has 7 heteroatoms. The minimum Gasteiger partial charge on any atom is -0.371 e. The van der Waals surface area contributed by atoms with Crippen LogP contribution in [0.4, 0.5) is 17.1 Å². The molecule has 2 aromatic rings. The molecule has 1 fully saturated rings. The first-order valence-corrected chi connectivity index (χ1v) is 8.20. The van der Waals surface area contributed by atoms with Crippen LogP contribution in [-0.2, 0) is 4.79 Å². The van der Waals surface area contributed by atoms with E-state index in [9.17, 15) is 14.9 Å². The van der Waals surface area contributed by atoms with Gasteiger partial charge in [0.15, 0.2) is 0 Å². The fourth-order valence-corrected chi connectivity index (χ4v) is 2.92. The third-order valence-corrected chi connectivity index (χ3v) is 4.28. The first-order valence-electron chi connectivity index (χ1n) is 8.20. The van der Waals surface area contributed by atoms with Gasteiger partial charge >= 0.3 is 0 Å². The van der Waals surface area contributed by atoms with Crippen molar-refractivity contribution in [1.82, 2.24) is 4.90 Å². The monoisotopic (exact) mass is 340 g/mol. The molecule has 1 saturated heterocycles. The van der Waals surface area contributed by atoms with Crippen molar-refractivity contribution in [2.75, 3.05) is 42.9 Å². The Hall–Kier alpha value is -3.09. The lowest BCUT2D eigenvalue weighted by atomic mass is 10.2. The Kier molecular flexibility index (Phi) is 5.13. The number of carbonyl (C=O) groups is 1. The van der Waals surface area contributed by atoms with Crippen LogP contribution < -0.4 is 10.2 Å². The SMILES string of the molecule is O=C(CNc1ccccc1[N+](=O)[O-])N1CCN(c2ccccc2)CC1. The van der Waals surface area contributed by atoms with Gasteiger partial charge in [0.25, 0.3) is 5.69 Å². The molecule has 1 aliphatic rings. The molecule has 0 radical (unpaired) electrons. The minimum absolute atomic E-state index is 0.0239. The van der Waals surface area contributed by atoms with Gasteiger partial charge in [0, 0.05) is 37.9 Å². The number of para-hydroxylation sites is 3. The Morgan fingerprint density at radius 3 is 2.32 bits per heavy atom. The molecule has 0 unspecified atom stereocenters. The Labute approximate surface area is 146 Å². The first kappa shape index (κ1) is 16.8. The number of amides is 1. The highest BCUT2D eigenvalue weighted by Crippen LogP contribution is 2.23. The lowest BCUT2D eigenvalue weighted by Gasteiger charge is -2.36. The van der Waals surface area contributed by atoms with Crippen molar-refractivity contribution >= 4 is 23.0 Å². The number of nitro groups is 1. The zero-order valence-corrected chi connectivity index (χ0v) is 13.8. The maximum Gasteiger partial charge on any atom is 0.292 e. The van der Waals surface area contributed by atoms with Crippen LogP contribution in [0.25, 0.3) is 0 Å². The second-order valence-corrected chi connectivity index (χ2v) is 5.83. The molecule has 0 bridgehead atoms. The Morgan fingerprint density at radius 1 is 1.00 bits per heavy atom. The van der Waals surface area contributed by atoms with Crippen molar-refractivity contribution in [3.8, 4) is 0 Å². The molecule has 0 atom stereocenters. The van der Waals surface area contributed by atoms with Gasteiger partial charge in [-0.3, -0.25) is 14.9 Å². The molecule has 2 aromatic carbocycles. The molecule has 7 nitrogen and oxygen atoms in total. The van der Waals surface area contributed by atoms with E-state index in [1.165, 1.54) is 6.07 Å². The second-order valence-electron chi connectivity index (χ2n) is 5.83. The lowest BCUT2D eigenvalue weighted by molar-refractivity contribution is -0.383. The highest BCUT2D eigenvalue weighted by Gasteiger charge is 2.21. The number of nitro benzene ring substituents is 1. The Balaban J connectivity index is 1.53. The van der Waals surface area contributed by atoms with Crippen molar-refractivity contribution in [3.05, 3.63) is 64.7 Å². The molecule has 25 heavy (non-hydrogen) atoms. The number of hydrogen-bond acceptors (Lipinski definition) is 5. The quantitative estimate of drug-likeness (QED) is 0.668. The van der Waals surface area contributed by atoms with Crippen molar-refractivity contribution in [3.63, 3.8) is 0 Å². The van der Waals surface area contributed by atoms with Gasteiger partial charge in [0.2, 0.25) is 5.91 Å². The van der Waals surface area contributed by atoms with Crippen LogP contribution in [0.5, 0.6) is 0 Å². The zero-order valence-electron chi connectivity index (χ0n) is 13.8. The van der Waals surface area contributed by atoms with E-state index in [0.29, 0.717) is 18.8 Å². The van der Waals surface area contributed by atoms with Crippen molar-refractivity contribution in [1.29, 1.82) is 0 Å². The molecule has 1 N–H and O–H groups in total. The highest BCUT2D eigenvalue weighted by molar-refractivity contribution is 5.82. The number of hydrogen-bond donors (Lipinski definition) is 1. The van der Waals surface area contributed by atoms with Crippen molar-refractivity contribution < 1.29 is 9.72 Å². The Bertz CT molecular complexity index is 743. The summed E-state index contributed by atoms with van der Waals surface area (Å²) in [5, 5.41) is 13.9. The van der Waals surface area contributed by atoms with Gasteiger partial charge in [0.05, 0.1) is 11.5 Å². The summed E-state index contributed by atoms with van der Waals surface area (Å²) in [5.74, 6) is -0.0501. The smallest absolute Gasteiger partial charge is 0.292 e. The summed E-state index contributed by atoms with van der Waals surface area (Å²) >= 11 is 0. The van der Waals surface area contributed by atoms with Gasteiger partial charge in [-0.05, 0) is 18.2 Å². The first-order chi connectivity index (χ1) is 12.1. The van der Waals surface area contributed by atoms with E-state index in [1.807, 2.05) is 18.2 Å². The lowest BCUT2D eigenvalue weighted by Crippen LogP contribution is -2.50. The second kappa shape index (κ2) is 7.65. The van der Waals surface area contributed by atoms with E-state index in [4.69, 9.17) is 0 Å². The number of piperazine rings is 1. The number of nitrogens with one attached hydrogen (secondary N) is 1. The maximum atomic E-state index is 12.4. The summed E-state index contributed by atoms with van der Waals surface area (Å²) in [6.07, 6.45) is 0. The summed E-state index contributed by atoms with van der Waals surface area (Å²) < 4.78 is 0. The molecule has 1 amide bonds. The van der Waals surface area contributed by atoms with E-state index in [0.717, 1.165) is 18.8 Å². The van der Waals surface area contributed by atoms with Gasteiger partial charge < -0.3 is 15.1 Å². The van der Waals surface area contributed by atoms with Crippen molar-refractivity contribution in [2.45, 2.75) is 0 Å². The highest BCUT2D eigenvalue weighted by atomic mass is 16.6. The van der Waals surface area contributed by atoms with E-state index >= 15 is 0 Å². The van der Waals surface area contributed by atoms with E-state index in [1.54, 1.807) is 23.1 Å². The third kappa shape index (κ3) is 4.06. The predicted molar refractivity (Wildman–Crippen MR) is 96.8 cm³/mol. The van der Waals surface area contributed by atoms with Crippen LogP contribution in [0, 0.1) is 10.1 Å². The van der Waals surface area contributed by atoms with E-state index in [-0.39, 0.29) is 18.1 Å². The Morgan fingerprint density at radius 2 is 1.64 bits per heavy atom. The topological polar surface area (TPSA) is 78.7 Å². The van der Waals surface area contributed by atoms with Gasteiger partial charge in [-0.2, -0.15) is 0 Å². The third-order valence-electron chi connectivity index (χ3n) is 4.28. The molecular weight excluding hydrogens is 320 g/mol. The van der Waals surface area contributed by atoms with E-state index < -0.39 is 4.92 Å². The molecule has 0 saturated carbocycles. The number of rotatable bonds is 5. The number of carbonyl (C=O) groups excluding carboxylic acids is 1. The van der Waals surface area contributed by atoms with Gasteiger partial charge in [-0.15, -0.1) is 0 Å². The maximum absolute atomic E-state index is 12.4. The standard InChI is InChI=1S/C18H20N4O3/c23-18(14-19-16-8-4-5-9-17(16)22(24)25)21-12-10-20(11-13-21)15-6-2-1-3-7-15/h1-9,19H,10-14H2.